The van der Waals surface area contributed by atoms with Gasteiger partial charge in [-0.15, -0.1) is 11.6 Å². The number of nitrogens with zero attached hydrogens (tertiary/aromatic N) is 2. The number of rotatable bonds is 5. The van der Waals surface area contributed by atoms with E-state index in [2.05, 4.69) is 5.32 Å². The summed E-state index contributed by atoms with van der Waals surface area (Å²) >= 11 is 15.1. The lowest BCUT2D eigenvalue weighted by molar-refractivity contribution is -0.194. The van der Waals surface area contributed by atoms with Crippen LogP contribution in [0.1, 0.15) is 38.3 Å². The quantitative estimate of drug-likeness (QED) is 0.273. The minimum Gasteiger partial charge on any atom is -0.429 e. The van der Waals surface area contributed by atoms with E-state index in [1.165, 1.54) is 20.8 Å². The van der Waals surface area contributed by atoms with E-state index in [0.717, 1.165) is 11.3 Å². The zero-order valence-electron chi connectivity index (χ0n) is 27.9. The second kappa shape index (κ2) is 12.4. The molecule has 0 saturated carbocycles. The van der Waals surface area contributed by atoms with Gasteiger partial charge in [-0.25, -0.2) is 0 Å². The molecule has 6 rings (SSSR count). The van der Waals surface area contributed by atoms with Crippen LogP contribution in [0.2, 0.25) is 0 Å². The predicted molar refractivity (Wildman–Crippen MR) is 172 cm³/mol. The molecule has 4 atom stereocenters. The molecule has 13 nitrogen and oxygen atoms in total. The van der Waals surface area contributed by atoms with Crippen molar-refractivity contribution in [3.63, 3.8) is 0 Å². The van der Waals surface area contributed by atoms with E-state index in [1.807, 2.05) is 30.0 Å². The Kier molecular flexibility index (Phi) is 8.98. The number of carbonyl (C=O) groups excluding carboxylic acids is 4. The maximum Gasteiger partial charge on any atom is 0.308 e. The Balaban J connectivity index is 1.74. The number of fused-ring (bicyclic) bond motifs is 6. The number of ether oxygens (including phenoxy) is 6. The third kappa shape index (κ3) is 5.00. The van der Waals surface area contributed by atoms with E-state index < -0.39 is 58.1 Å². The average Bonchev–Trinajstić information content (AvgIpc) is 3.65. The van der Waals surface area contributed by atoms with Gasteiger partial charge in [0, 0.05) is 57.1 Å². The summed E-state index contributed by atoms with van der Waals surface area (Å²) in [6.07, 6.45) is 0.723. The van der Waals surface area contributed by atoms with Gasteiger partial charge in [0.25, 0.3) is 5.91 Å². The van der Waals surface area contributed by atoms with Crippen LogP contribution in [-0.2, 0) is 55.1 Å². The SMILES string of the molecule is CC(=O)NC(=O)C1=C(Cl)[C@@H](N(C)C)[C@@H]2C[C@@H]3Cc4c(N(C)C)ccc(OC(C)=O)c4C4(OCCO4)C3=C(OC(C)=O)[C@]2(Cl)C12OCCO2. The van der Waals surface area contributed by atoms with Gasteiger partial charge >= 0.3 is 11.9 Å². The monoisotopic (exact) mass is 707 g/mol. The summed E-state index contributed by atoms with van der Waals surface area (Å²) in [6, 6.07) is 2.83. The van der Waals surface area contributed by atoms with Crippen LogP contribution in [0.5, 0.6) is 5.75 Å². The number of anilines is 1. The summed E-state index contributed by atoms with van der Waals surface area (Å²) in [5.41, 5.74) is 2.30. The van der Waals surface area contributed by atoms with Crippen LogP contribution in [-0.4, -0.2) is 100.0 Å². The molecule has 3 aliphatic carbocycles. The third-order valence-electron chi connectivity index (χ3n) is 9.55. The van der Waals surface area contributed by atoms with Gasteiger partial charge in [0.05, 0.1) is 43.6 Å². The Labute approximate surface area is 288 Å². The van der Waals surface area contributed by atoms with Gasteiger partial charge in [-0.05, 0) is 50.6 Å². The molecule has 48 heavy (non-hydrogen) atoms. The first-order valence-electron chi connectivity index (χ1n) is 15.7. The summed E-state index contributed by atoms with van der Waals surface area (Å²) in [6.45, 7) is 4.08. The fourth-order valence-electron chi connectivity index (χ4n) is 8.19. The average molecular weight is 709 g/mol. The fraction of sp³-hybridized carbons (Fsp3) is 0.576. The van der Waals surface area contributed by atoms with E-state index in [9.17, 15) is 19.2 Å². The van der Waals surface area contributed by atoms with Gasteiger partial charge in [-0.3, -0.25) is 24.5 Å². The zero-order valence-corrected chi connectivity index (χ0v) is 29.4. The topological polar surface area (TPSA) is 142 Å². The highest BCUT2D eigenvalue weighted by atomic mass is 35.5. The van der Waals surface area contributed by atoms with Crippen LogP contribution in [0, 0.1) is 11.8 Å². The number of hydrogen-bond donors (Lipinski definition) is 1. The number of esters is 2. The molecule has 0 unspecified atom stereocenters. The lowest BCUT2D eigenvalue weighted by Crippen LogP contribution is -2.70. The van der Waals surface area contributed by atoms with Gasteiger partial charge in [-0.2, -0.15) is 0 Å². The molecular weight excluding hydrogens is 669 g/mol. The highest BCUT2D eigenvalue weighted by Gasteiger charge is 2.75. The Morgan fingerprint density at radius 1 is 0.917 bits per heavy atom. The van der Waals surface area contributed by atoms with Gasteiger partial charge in [0.15, 0.2) is 4.87 Å². The minimum absolute atomic E-state index is 0.0186. The number of imide groups is 1. The Morgan fingerprint density at radius 3 is 2.06 bits per heavy atom. The van der Waals surface area contributed by atoms with Crippen LogP contribution in [0.15, 0.2) is 34.1 Å². The van der Waals surface area contributed by atoms with Crippen LogP contribution in [0.25, 0.3) is 0 Å². The summed E-state index contributed by atoms with van der Waals surface area (Å²) < 4.78 is 37.7. The van der Waals surface area contributed by atoms with Crippen molar-refractivity contribution in [1.29, 1.82) is 0 Å². The number of carbonyl (C=O) groups is 4. The molecule has 1 N–H and O–H groups in total. The summed E-state index contributed by atoms with van der Waals surface area (Å²) in [5, 5.41) is 2.38. The first-order valence-corrected chi connectivity index (χ1v) is 16.4. The highest BCUT2D eigenvalue weighted by Crippen LogP contribution is 2.67. The van der Waals surface area contributed by atoms with Crippen molar-refractivity contribution >= 4 is 52.6 Å². The van der Waals surface area contributed by atoms with E-state index in [4.69, 9.17) is 51.6 Å². The van der Waals surface area contributed by atoms with Gasteiger partial charge in [-0.1, -0.05) is 11.6 Å². The first-order chi connectivity index (χ1) is 22.6. The lowest BCUT2D eigenvalue weighted by atomic mass is 9.58. The highest BCUT2D eigenvalue weighted by molar-refractivity contribution is 6.35. The van der Waals surface area contributed by atoms with Gasteiger partial charge < -0.3 is 38.2 Å². The molecular formula is C33H39Cl2N3O10. The van der Waals surface area contributed by atoms with Crippen molar-refractivity contribution in [3.8, 4) is 5.75 Å². The maximum atomic E-state index is 13.9. The molecule has 2 heterocycles. The summed E-state index contributed by atoms with van der Waals surface area (Å²) in [5.74, 6) is -7.52. The smallest absolute Gasteiger partial charge is 0.308 e. The summed E-state index contributed by atoms with van der Waals surface area (Å²) in [4.78, 5) is 53.4. The Bertz CT molecular complexity index is 1640. The molecule has 2 spiro atoms. The molecule has 0 radical (unpaired) electrons. The van der Waals surface area contributed by atoms with Crippen LogP contribution in [0.3, 0.4) is 0 Å². The Morgan fingerprint density at radius 2 is 1.52 bits per heavy atom. The standard InChI is InChI=1S/C33H39Cl2N3O10/c1-16(39)36-30(42)26-27(34)28(38(6)7)21-15-19-14-20-22(37(4)5)8-9-23(47-17(2)40)25(20)32(43-10-11-44-32)24(19)29(48-18(3)41)31(21,35)33(26)45-12-13-46-33/h8-9,19,21,28H,10-15H2,1-7H3,(H,36,39,42)/t19-,21-,28-,31-/m0/s1. The molecule has 2 aliphatic heterocycles. The lowest BCUT2D eigenvalue weighted by Gasteiger charge is -2.59. The van der Waals surface area contributed by atoms with E-state index in [1.54, 1.807) is 20.2 Å². The van der Waals surface area contributed by atoms with Gasteiger partial charge in [0.2, 0.25) is 17.5 Å². The number of alkyl halides is 1. The number of benzene rings is 1. The molecule has 5 aliphatic rings. The normalized spacial score (nSPS) is 28.2. The molecule has 0 bridgehead atoms. The van der Waals surface area contributed by atoms with Crippen molar-refractivity contribution in [3.05, 3.63) is 45.2 Å². The number of nitrogens with one attached hydrogen (secondary N) is 1. The summed E-state index contributed by atoms with van der Waals surface area (Å²) in [7, 11) is 7.40. The number of hydrogen-bond acceptors (Lipinski definition) is 12. The predicted octanol–water partition coefficient (Wildman–Crippen LogP) is 2.71. The first kappa shape index (κ1) is 34.8. The van der Waals surface area contributed by atoms with Crippen molar-refractivity contribution in [2.45, 2.75) is 56.1 Å². The molecule has 1 aromatic rings. The molecule has 260 valence electrons. The van der Waals surface area contributed by atoms with Crippen molar-refractivity contribution < 1.29 is 47.6 Å². The van der Waals surface area contributed by atoms with Gasteiger partial charge in [0.1, 0.15) is 11.5 Å². The maximum absolute atomic E-state index is 13.9. The van der Waals surface area contributed by atoms with Crippen LogP contribution in [0.4, 0.5) is 5.69 Å². The largest absolute Gasteiger partial charge is 0.429 e. The zero-order chi connectivity index (χ0) is 34.9. The van der Waals surface area contributed by atoms with Crippen molar-refractivity contribution in [2.75, 3.05) is 59.5 Å². The second-order valence-corrected chi connectivity index (χ2v) is 14.0. The van der Waals surface area contributed by atoms with Crippen LogP contribution < -0.4 is 15.0 Å². The van der Waals surface area contributed by atoms with Crippen molar-refractivity contribution in [2.24, 2.45) is 11.8 Å². The molecule has 2 amide bonds. The van der Waals surface area contributed by atoms with E-state index >= 15 is 0 Å². The van der Waals surface area contributed by atoms with E-state index in [-0.39, 0.29) is 48.5 Å². The molecule has 1 aromatic carbocycles. The molecule has 2 saturated heterocycles. The second-order valence-electron chi connectivity index (χ2n) is 13.0. The molecule has 15 heteroatoms. The minimum atomic E-state index is -2.10. The molecule has 2 fully saturated rings. The van der Waals surface area contributed by atoms with Crippen molar-refractivity contribution in [1.82, 2.24) is 10.2 Å². The number of amides is 2. The molecule has 0 aromatic heterocycles. The van der Waals surface area contributed by atoms with Crippen LogP contribution >= 0.6 is 23.2 Å². The Hall–Kier alpha value is -3.04. The fourth-order valence-corrected chi connectivity index (χ4v) is 9.30. The van der Waals surface area contributed by atoms with E-state index in [0.29, 0.717) is 24.0 Å². The number of halogens is 2. The third-order valence-corrected chi connectivity index (χ3v) is 10.7. The number of likely N-dealkylation sites (N-methyl/N-ethyl adjacent to an activating group) is 1.